The molecular formula is C20H26N4O. The van der Waals surface area contributed by atoms with Gasteiger partial charge in [-0.05, 0) is 37.5 Å². The molecular weight excluding hydrogens is 312 g/mol. The number of nitrogens with two attached hydrogens (primary N) is 1. The number of rotatable bonds is 5. The molecule has 1 unspecified atom stereocenters. The van der Waals surface area contributed by atoms with Gasteiger partial charge in [0, 0.05) is 31.9 Å². The fraction of sp³-hybridized carbons (Fsp3) is 0.400. The van der Waals surface area contributed by atoms with Crippen LogP contribution in [0.2, 0.25) is 0 Å². The number of nitrogens with zero attached hydrogens (tertiary/aromatic N) is 2. The van der Waals surface area contributed by atoms with E-state index in [9.17, 15) is 4.79 Å². The van der Waals surface area contributed by atoms with Crippen molar-refractivity contribution in [3.8, 4) is 0 Å². The average Bonchev–Trinajstić information content (AvgIpc) is 2.64. The Morgan fingerprint density at radius 2 is 1.96 bits per heavy atom. The molecule has 1 aliphatic rings. The lowest BCUT2D eigenvalue weighted by Gasteiger charge is -2.32. The predicted molar refractivity (Wildman–Crippen MR) is 98.8 cm³/mol. The Hall–Kier alpha value is -2.24. The van der Waals surface area contributed by atoms with Gasteiger partial charge in [-0.1, -0.05) is 35.9 Å². The maximum atomic E-state index is 12.4. The zero-order valence-corrected chi connectivity index (χ0v) is 14.7. The van der Waals surface area contributed by atoms with E-state index in [1.165, 1.54) is 0 Å². The summed E-state index contributed by atoms with van der Waals surface area (Å²) in [6.07, 6.45) is 3.72. The first kappa shape index (κ1) is 17.6. The van der Waals surface area contributed by atoms with Gasteiger partial charge in [-0.25, -0.2) is 0 Å². The summed E-state index contributed by atoms with van der Waals surface area (Å²) in [6.45, 7) is 4.81. The molecule has 1 fully saturated rings. The summed E-state index contributed by atoms with van der Waals surface area (Å²) in [6, 6.07) is 13.4. The van der Waals surface area contributed by atoms with E-state index in [0.29, 0.717) is 0 Å². The van der Waals surface area contributed by atoms with E-state index in [-0.39, 0.29) is 11.9 Å². The van der Waals surface area contributed by atoms with E-state index in [1.807, 2.05) is 49.5 Å². The number of carbonyl (C=O) groups is 1. The van der Waals surface area contributed by atoms with Crippen LogP contribution in [0.1, 0.15) is 35.7 Å². The SMILES string of the molecule is Cc1ccc(C(N)C(=O)NC2CCN(Cc3ccccn3)CC2)cc1. The molecule has 3 rings (SSSR count). The predicted octanol–water partition coefficient (Wildman–Crippen LogP) is 2.17. The minimum atomic E-state index is -0.604. The molecule has 1 atom stereocenters. The van der Waals surface area contributed by atoms with Gasteiger partial charge < -0.3 is 11.1 Å². The third-order valence-corrected chi connectivity index (χ3v) is 4.76. The van der Waals surface area contributed by atoms with Crippen molar-refractivity contribution in [3.05, 3.63) is 65.5 Å². The smallest absolute Gasteiger partial charge is 0.241 e. The zero-order valence-electron chi connectivity index (χ0n) is 14.7. The normalized spacial score (nSPS) is 17.2. The second-order valence-corrected chi connectivity index (χ2v) is 6.77. The number of hydrogen-bond donors (Lipinski definition) is 2. The summed E-state index contributed by atoms with van der Waals surface area (Å²) < 4.78 is 0. The molecule has 0 saturated carbocycles. The number of piperidine rings is 1. The number of carbonyl (C=O) groups excluding carboxylic acids is 1. The summed E-state index contributed by atoms with van der Waals surface area (Å²) in [5, 5.41) is 3.11. The van der Waals surface area contributed by atoms with Crippen molar-refractivity contribution >= 4 is 5.91 Å². The molecule has 0 spiro atoms. The van der Waals surface area contributed by atoms with Crippen LogP contribution < -0.4 is 11.1 Å². The monoisotopic (exact) mass is 338 g/mol. The highest BCUT2D eigenvalue weighted by Gasteiger charge is 2.23. The van der Waals surface area contributed by atoms with Gasteiger partial charge in [0.05, 0.1) is 5.69 Å². The number of pyridine rings is 1. The molecule has 0 radical (unpaired) electrons. The summed E-state index contributed by atoms with van der Waals surface area (Å²) in [5.41, 5.74) is 9.21. The van der Waals surface area contributed by atoms with Crippen molar-refractivity contribution in [2.24, 2.45) is 5.73 Å². The Labute approximate surface area is 149 Å². The fourth-order valence-electron chi connectivity index (χ4n) is 3.17. The van der Waals surface area contributed by atoms with Gasteiger partial charge in [0.2, 0.25) is 5.91 Å². The number of amides is 1. The zero-order chi connectivity index (χ0) is 17.6. The van der Waals surface area contributed by atoms with Crippen LogP contribution in [0.4, 0.5) is 0 Å². The number of nitrogens with one attached hydrogen (secondary N) is 1. The van der Waals surface area contributed by atoms with Crippen LogP contribution in [0.15, 0.2) is 48.7 Å². The first-order valence-electron chi connectivity index (χ1n) is 8.86. The maximum absolute atomic E-state index is 12.4. The summed E-state index contributed by atoms with van der Waals surface area (Å²) >= 11 is 0. The van der Waals surface area contributed by atoms with Gasteiger partial charge in [-0.3, -0.25) is 14.7 Å². The fourth-order valence-corrected chi connectivity index (χ4v) is 3.17. The van der Waals surface area contributed by atoms with Gasteiger partial charge in [0.25, 0.3) is 0 Å². The molecule has 132 valence electrons. The van der Waals surface area contributed by atoms with Crippen LogP contribution in [-0.4, -0.2) is 34.9 Å². The van der Waals surface area contributed by atoms with Crippen molar-refractivity contribution in [2.45, 2.75) is 38.4 Å². The largest absolute Gasteiger partial charge is 0.352 e. The van der Waals surface area contributed by atoms with Crippen molar-refractivity contribution in [1.82, 2.24) is 15.2 Å². The van der Waals surface area contributed by atoms with Crippen molar-refractivity contribution < 1.29 is 4.79 Å². The lowest BCUT2D eigenvalue weighted by Crippen LogP contribution is -2.46. The van der Waals surface area contributed by atoms with Gasteiger partial charge in [-0.15, -0.1) is 0 Å². The van der Waals surface area contributed by atoms with Gasteiger partial charge in [0.1, 0.15) is 6.04 Å². The van der Waals surface area contributed by atoms with E-state index in [4.69, 9.17) is 5.73 Å². The molecule has 5 nitrogen and oxygen atoms in total. The molecule has 5 heteroatoms. The average molecular weight is 338 g/mol. The van der Waals surface area contributed by atoms with Gasteiger partial charge in [0.15, 0.2) is 0 Å². The molecule has 1 aliphatic heterocycles. The highest BCUT2D eigenvalue weighted by atomic mass is 16.2. The van der Waals surface area contributed by atoms with Crippen molar-refractivity contribution in [2.75, 3.05) is 13.1 Å². The van der Waals surface area contributed by atoms with E-state index < -0.39 is 6.04 Å². The van der Waals surface area contributed by atoms with Crippen LogP contribution in [-0.2, 0) is 11.3 Å². The van der Waals surface area contributed by atoms with Crippen LogP contribution in [0, 0.1) is 6.92 Å². The van der Waals surface area contributed by atoms with Gasteiger partial charge in [-0.2, -0.15) is 0 Å². The van der Waals surface area contributed by atoms with Crippen LogP contribution >= 0.6 is 0 Å². The topological polar surface area (TPSA) is 71.2 Å². The number of aromatic nitrogens is 1. The summed E-state index contributed by atoms with van der Waals surface area (Å²) in [4.78, 5) is 19.2. The Morgan fingerprint density at radius 1 is 1.24 bits per heavy atom. The molecule has 0 aliphatic carbocycles. The number of likely N-dealkylation sites (tertiary alicyclic amines) is 1. The highest BCUT2D eigenvalue weighted by molar-refractivity contribution is 5.83. The third kappa shape index (κ3) is 4.87. The third-order valence-electron chi connectivity index (χ3n) is 4.76. The Bertz CT molecular complexity index is 679. The second-order valence-electron chi connectivity index (χ2n) is 6.77. The Kier molecular flexibility index (Phi) is 5.79. The number of aryl methyl sites for hydroxylation is 1. The molecule has 1 aromatic heterocycles. The number of hydrogen-bond acceptors (Lipinski definition) is 4. The lowest BCUT2D eigenvalue weighted by molar-refractivity contribution is -0.123. The van der Waals surface area contributed by atoms with E-state index >= 15 is 0 Å². The molecule has 25 heavy (non-hydrogen) atoms. The Balaban J connectivity index is 1.46. The van der Waals surface area contributed by atoms with E-state index in [2.05, 4.69) is 21.3 Å². The molecule has 3 N–H and O–H groups in total. The van der Waals surface area contributed by atoms with Crippen LogP contribution in [0.5, 0.6) is 0 Å². The maximum Gasteiger partial charge on any atom is 0.241 e. The van der Waals surface area contributed by atoms with Crippen LogP contribution in [0.3, 0.4) is 0 Å². The van der Waals surface area contributed by atoms with Crippen LogP contribution in [0.25, 0.3) is 0 Å². The van der Waals surface area contributed by atoms with E-state index in [0.717, 1.165) is 49.3 Å². The van der Waals surface area contributed by atoms with Gasteiger partial charge >= 0.3 is 0 Å². The summed E-state index contributed by atoms with van der Waals surface area (Å²) in [5.74, 6) is -0.0907. The second kappa shape index (κ2) is 8.23. The first-order valence-corrected chi connectivity index (χ1v) is 8.86. The molecule has 2 aromatic rings. The lowest BCUT2D eigenvalue weighted by atomic mass is 10.0. The van der Waals surface area contributed by atoms with Crippen molar-refractivity contribution in [1.29, 1.82) is 0 Å². The van der Waals surface area contributed by atoms with Crippen molar-refractivity contribution in [3.63, 3.8) is 0 Å². The quantitative estimate of drug-likeness (QED) is 0.876. The van der Waals surface area contributed by atoms with E-state index in [1.54, 1.807) is 0 Å². The molecule has 0 bridgehead atoms. The molecule has 1 amide bonds. The minimum Gasteiger partial charge on any atom is -0.352 e. The molecule has 1 aromatic carbocycles. The molecule has 2 heterocycles. The first-order chi connectivity index (χ1) is 12.1. The highest BCUT2D eigenvalue weighted by Crippen LogP contribution is 2.16. The minimum absolute atomic E-state index is 0.0907. The number of benzene rings is 1. The standard InChI is InChI=1S/C20H26N4O/c1-15-5-7-16(8-6-15)19(21)20(25)23-17-9-12-24(13-10-17)14-18-4-2-3-11-22-18/h2-8,11,17,19H,9-10,12-14,21H2,1H3,(H,23,25). The molecule has 1 saturated heterocycles. The Morgan fingerprint density at radius 3 is 2.60 bits per heavy atom. The summed E-state index contributed by atoms with van der Waals surface area (Å²) in [7, 11) is 0.